The van der Waals surface area contributed by atoms with E-state index in [-0.39, 0.29) is 7.43 Å². The molecule has 0 bridgehead atoms. The van der Waals surface area contributed by atoms with Crippen molar-refractivity contribution in [3.8, 4) is 0 Å². The van der Waals surface area contributed by atoms with Crippen LogP contribution in [0.15, 0.2) is 0 Å². The van der Waals surface area contributed by atoms with E-state index in [0.29, 0.717) is 0 Å². The van der Waals surface area contributed by atoms with Gasteiger partial charge < -0.3 is 0 Å². The van der Waals surface area contributed by atoms with Crippen molar-refractivity contribution in [1.29, 1.82) is 0 Å². The molecule has 5 aliphatic carbocycles. The van der Waals surface area contributed by atoms with Crippen LogP contribution >= 0.6 is 0 Å². The fourth-order valence-electron chi connectivity index (χ4n) is 1.17. The molecule has 5 saturated carbocycles. The van der Waals surface area contributed by atoms with Crippen LogP contribution in [-0.4, -0.2) is 0 Å². The second-order valence-corrected chi connectivity index (χ2v) is 7.34. The zero-order valence-electron chi connectivity index (χ0n) is 28.3. The number of hydrogen-bond acceptors (Lipinski definition) is 0. The monoisotopic (exact) mass is 507 g/mol. The van der Waals surface area contributed by atoms with Gasteiger partial charge >= 0.3 is 0 Å². The topological polar surface area (TPSA) is 0 Å². The zero-order valence-corrected chi connectivity index (χ0v) is 28.3. The zero-order chi connectivity index (χ0) is 28.3. The van der Waals surface area contributed by atoms with E-state index in [4.69, 9.17) is 0 Å². The fourth-order valence-corrected chi connectivity index (χ4v) is 1.17. The SMILES string of the molecule is C.C1CCC1.C1CCC1.C1CCC1.C1CCC1.CC.CC.CC.CC.CC.CC.CC.CC1CC1. The van der Waals surface area contributed by atoms with E-state index in [0.717, 1.165) is 5.92 Å². The van der Waals surface area contributed by atoms with Crippen molar-refractivity contribution in [2.45, 2.75) is 227 Å². The second-order valence-electron chi connectivity index (χ2n) is 7.34. The highest BCUT2D eigenvalue weighted by Gasteiger charge is 2.12. The van der Waals surface area contributed by atoms with Gasteiger partial charge in [-0.2, -0.15) is 0 Å². The average Bonchev–Trinajstić information content (AvgIpc) is 3.56. The molecule has 226 valence electrons. The van der Waals surface area contributed by atoms with E-state index >= 15 is 0 Å². The van der Waals surface area contributed by atoms with Gasteiger partial charge in [0, 0.05) is 0 Å². The Bertz CT molecular complexity index is 116. The van der Waals surface area contributed by atoms with Gasteiger partial charge in [-0.1, -0.05) is 227 Å². The summed E-state index contributed by atoms with van der Waals surface area (Å²) >= 11 is 0. The molecule has 0 radical (unpaired) electrons. The third-order valence-corrected chi connectivity index (χ3v) is 4.87. The lowest BCUT2D eigenvalue weighted by atomic mass is 10.0. The first-order chi connectivity index (χ1) is 16.9. The molecule has 5 rings (SSSR count). The maximum Gasteiger partial charge on any atom is -0.0443 e. The van der Waals surface area contributed by atoms with Crippen LogP contribution in [0.3, 0.4) is 0 Å². The molecule has 0 amide bonds. The Labute approximate surface area is 232 Å². The molecule has 5 fully saturated rings. The summed E-state index contributed by atoms with van der Waals surface area (Å²) in [6.07, 6.45) is 27.0. The molecule has 0 unspecified atom stereocenters. The van der Waals surface area contributed by atoms with Gasteiger partial charge in [-0.05, 0) is 5.92 Å². The van der Waals surface area contributed by atoms with Crippen molar-refractivity contribution in [2.75, 3.05) is 0 Å². The first-order valence-corrected chi connectivity index (χ1v) is 16.9. The van der Waals surface area contributed by atoms with Crippen LogP contribution in [0.1, 0.15) is 227 Å². The van der Waals surface area contributed by atoms with Crippen LogP contribution in [-0.2, 0) is 0 Å². The highest BCUT2D eigenvalue weighted by Crippen LogP contribution is 2.26. The van der Waals surface area contributed by atoms with Gasteiger partial charge in [0.15, 0.2) is 0 Å². The van der Waals surface area contributed by atoms with Crippen LogP contribution in [0.2, 0.25) is 0 Å². The van der Waals surface area contributed by atoms with Gasteiger partial charge in [0.2, 0.25) is 0 Å². The summed E-state index contributed by atoms with van der Waals surface area (Å²) < 4.78 is 0. The summed E-state index contributed by atoms with van der Waals surface area (Å²) in [7, 11) is 0. The second kappa shape index (κ2) is 84.0. The van der Waals surface area contributed by atoms with Crippen molar-refractivity contribution in [3.63, 3.8) is 0 Å². The Morgan fingerprint density at radius 1 is 0.257 bits per heavy atom. The summed E-state index contributed by atoms with van der Waals surface area (Å²) in [6.45, 7) is 30.3. The minimum Gasteiger partial charge on any atom is -0.0776 e. The molecule has 0 saturated heterocycles. The smallest absolute Gasteiger partial charge is 0.0443 e. The summed E-state index contributed by atoms with van der Waals surface area (Å²) in [5.41, 5.74) is 0. The first-order valence-electron chi connectivity index (χ1n) is 16.9. The summed E-state index contributed by atoms with van der Waals surface area (Å²) in [6, 6.07) is 0. The van der Waals surface area contributed by atoms with Gasteiger partial charge in [-0.25, -0.2) is 0 Å². The summed E-state index contributed by atoms with van der Waals surface area (Å²) in [5, 5.41) is 0. The Balaban J connectivity index is -0.0000000386. The normalized spacial score (nSPS) is 15.2. The van der Waals surface area contributed by atoms with Gasteiger partial charge in [0.25, 0.3) is 0 Å². The molecular formula is C35H86. The molecule has 0 spiro atoms. The van der Waals surface area contributed by atoms with Crippen molar-refractivity contribution >= 4 is 0 Å². The Kier molecular flexibility index (Phi) is 133. The molecule has 0 nitrogen and oxygen atoms in total. The van der Waals surface area contributed by atoms with Crippen LogP contribution in [0.4, 0.5) is 0 Å². The molecule has 35 heavy (non-hydrogen) atoms. The molecule has 5 aliphatic rings. The molecule has 0 aliphatic heterocycles. The van der Waals surface area contributed by atoms with Gasteiger partial charge in [-0.3, -0.25) is 0 Å². The number of rotatable bonds is 0. The molecule has 0 aromatic carbocycles. The van der Waals surface area contributed by atoms with Gasteiger partial charge in [0.05, 0.1) is 0 Å². The predicted octanol–water partition coefficient (Wildman–Crippen LogP) is 15.5. The van der Waals surface area contributed by atoms with Gasteiger partial charge in [0.1, 0.15) is 0 Å². The van der Waals surface area contributed by atoms with E-state index in [1.807, 2.05) is 96.9 Å². The third kappa shape index (κ3) is 96.4. The lowest BCUT2D eigenvalue weighted by Gasteiger charge is -2.05. The van der Waals surface area contributed by atoms with Crippen LogP contribution < -0.4 is 0 Å². The largest absolute Gasteiger partial charge is 0.0776 e. The molecule has 0 N–H and O–H groups in total. The van der Waals surface area contributed by atoms with E-state index in [9.17, 15) is 0 Å². The van der Waals surface area contributed by atoms with E-state index < -0.39 is 0 Å². The van der Waals surface area contributed by atoms with Crippen molar-refractivity contribution in [2.24, 2.45) is 5.92 Å². The minimum absolute atomic E-state index is 0. The fraction of sp³-hybridized carbons (Fsp3) is 1.00. The van der Waals surface area contributed by atoms with Crippen LogP contribution in [0, 0.1) is 5.92 Å². The maximum absolute atomic E-state index is 2.28. The molecular weight excluding hydrogens is 420 g/mol. The van der Waals surface area contributed by atoms with E-state index in [1.54, 1.807) is 0 Å². The van der Waals surface area contributed by atoms with Crippen LogP contribution in [0.5, 0.6) is 0 Å². The minimum atomic E-state index is 0. The first kappa shape index (κ1) is 55.5. The lowest BCUT2D eigenvalue weighted by Crippen LogP contribution is -1.85. The molecule has 0 aromatic rings. The van der Waals surface area contributed by atoms with E-state index in [1.165, 1.54) is 116 Å². The molecule has 0 heteroatoms. The highest BCUT2D eigenvalue weighted by molar-refractivity contribution is 4.65. The van der Waals surface area contributed by atoms with Crippen LogP contribution in [0.25, 0.3) is 0 Å². The quantitative estimate of drug-likeness (QED) is 0.306. The Morgan fingerprint density at radius 3 is 0.314 bits per heavy atom. The lowest BCUT2D eigenvalue weighted by molar-refractivity contribution is 0.504. The van der Waals surface area contributed by atoms with E-state index in [2.05, 4.69) is 6.92 Å². The summed E-state index contributed by atoms with van der Waals surface area (Å²) in [5.74, 6) is 1.08. The predicted molar refractivity (Wildman–Crippen MR) is 178 cm³/mol. The summed E-state index contributed by atoms with van der Waals surface area (Å²) in [4.78, 5) is 0. The molecule has 0 aromatic heterocycles. The Hall–Kier alpha value is 0. The third-order valence-electron chi connectivity index (χ3n) is 4.87. The van der Waals surface area contributed by atoms with Crippen molar-refractivity contribution in [3.05, 3.63) is 0 Å². The van der Waals surface area contributed by atoms with Crippen molar-refractivity contribution < 1.29 is 0 Å². The van der Waals surface area contributed by atoms with Crippen molar-refractivity contribution in [1.82, 2.24) is 0 Å². The van der Waals surface area contributed by atoms with Gasteiger partial charge in [-0.15, -0.1) is 0 Å². The Morgan fingerprint density at radius 2 is 0.314 bits per heavy atom. The maximum atomic E-state index is 2.28. The molecule has 0 heterocycles. The molecule has 0 atom stereocenters. The highest BCUT2D eigenvalue weighted by atomic mass is 14.2. The average molecular weight is 507 g/mol. The number of hydrogen-bond donors (Lipinski definition) is 0. The standard InChI is InChI=1S/5C4H8.7C2H6.CH4/c1-4-2-3-4;4*1-2-4-3-1;7*1-2;/h4H,2-3H2,1H3;4*1-4H2;7*1-2H3;1H4.